The zero-order valence-electron chi connectivity index (χ0n) is 12.1. The minimum atomic E-state index is -0.615. The molecule has 2 N–H and O–H groups in total. The van der Waals surface area contributed by atoms with Crippen LogP contribution in [0.5, 0.6) is 5.75 Å². The number of benzene rings is 1. The van der Waals surface area contributed by atoms with Crippen LogP contribution in [0.3, 0.4) is 0 Å². The Morgan fingerprint density at radius 2 is 1.95 bits per heavy atom. The van der Waals surface area contributed by atoms with Crippen LogP contribution in [0.2, 0.25) is 0 Å². The van der Waals surface area contributed by atoms with Crippen LogP contribution >= 0.6 is 0 Å². The first-order chi connectivity index (χ1) is 9.65. The van der Waals surface area contributed by atoms with Crippen molar-refractivity contribution < 1.29 is 19.0 Å². The van der Waals surface area contributed by atoms with Crippen LogP contribution in [0.4, 0.5) is 4.39 Å². The lowest BCUT2D eigenvalue weighted by Gasteiger charge is -2.19. The van der Waals surface area contributed by atoms with Crippen LogP contribution in [0.25, 0.3) is 0 Å². The average Bonchev–Trinajstić information content (AvgIpc) is 2.44. The Morgan fingerprint density at radius 1 is 1.25 bits per heavy atom. The maximum absolute atomic E-state index is 12.7. The Morgan fingerprint density at radius 3 is 2.55 bits per heavy atom. The third-order valence-electron chi connectivity index (χ3n) is 2.90. The summed E-state index contributed by atoms with van der Waals surface area (Å²) in [5.74, 6) is 0.244. The largest absolute Gasteiger partial charge is 0.491 e. The van der Waals surface area contributed by atoms with E-state index in [1.54, 1.807) is 19.2 Å². The SMILES string of the molecule is CCCC(COC)NCC(O)COc1ccc(F)cc1. The van der Waals surface area contributed by atoms with E-state index in [1.165, 1.54) is 12.1 Å². The van der Waals surface area contributed by atoms with Crippen molar-refractivity contribution in [1.29, 1.82) is 0 Å². The van der Waals surface area contributed by atoms with Crippen LogP contribution in [-0.2, 0) is 4.74 Å². The summed E-state index contributed by atoms with van der Waals surface area (Å²) in [4.78, 5) is 0. The van der Waals surface area contributed by atoms with Gasteiger partial charge in [0.25, 0.3) is 0 Å². The van der Waals surface area contributed by atoms with Gasteiger partial charge in [-0.3, -0.25) is 0 Å². The molecule has 4 nitrogen and oxygen atoms in total. The van der Waals surface area contributed by atoms with Crippen LogP contribution in [0.15, 0.2) is 24.3 Å². The topological polar surface area (TPSA) is 50.7 Å². The molecule has 0 fully saturated rings. The standard InChI is InChI=1S/C15H24FNO3/c1-3-4-13(10-19-2)17-9-14(18)11-20-15-7-5-12(16)6-8-15/h5-8,13-14,17-18H,3-4,9-11H2,1-2H3. The molecule has 0 bridgehead atoms. The number of hydrogen-bond donors (Lipinski definition) is 2. The van der Waals surface area contributed by atoms with Gasteiger partial charge in [-0.2, -0.15) is 0 Å². The Labute approximate surface area is 119 Å². The molecule has 20 heavy (non-hydrogen) atoms. The predicted molar refractivity (Wildman–Crippen MR) is 76.5 cm³/mol. The zero-order valence-corrected chi connectivity index (χ0v) is 12.1. The van der Waals surface area contributed by atoms with E-state index in [0.29, 0.717) is 18.9 Å². The van der Waals surface area contributed by atoms with Crippen molar-refractivity contribution in [3.8, 4) is 5.75 Å². The number of hydrogen-bond acceptors (Lipinski definition) is 4. The lowest BCUT2D eigenvalue weighted by Crippen LogP contribution is -2.40. The van der Waals surface area contributed by atoms with E-state index in [9.17, 15) is 9.50 Å². The first kappa shape index (κ1) is 16.9. The van der Waals surface area contributed by atoms with E-state index in [4.69, 9.17) is 9.47 Å². The van der Waals surface area contributed by atoms with E-state index in [-0.39, 0.29) is 18.5 Å². The number of halogens is 1. The molecular formula is C15H24FNO3. The number of ether oxygens (including phenoxy) is 2. The lowest BCUT2D eigenvalue weighted by atomic mass is 10.2. The molecule has 0 aliphatic heterocycles. The van der Waals surface area contributed by atoms with Gasteiger partial charge in [0, 0.05) is 19.7 Å². The second-order valence-electron chi connectivity index (χ2n) is 4.77. The fourth-order valence-corrected chi connectivity index (χ4v) is 1.88. The lowest BCUT2D eigenvalue weighted by molar-refractivity contribution is 0.0946. The number of nitrogens with one attached hydrogen (secondary N) is 1. The van der Waals surface area contributed by atoms with Crippen molar-refractivity contribution in [1.82, 2.24) is 5.32 Å². The molecule has 1 aromatic rings. The van der Waals surface area contributed by atoms with E-state index < -0.39 is 6.10 Å². The highest BCUT2D eigenvalue weighted by Gasteiger charge is 2.10. The molecule has 1 aromatic carbocycles. The molecule has 0 aliphatic rings. The molecule has 0 saturated carbocycles. The molecule has 0 saturated heterocycles. The van der Waals surface area contributed by atoms with Gasteiger partial charge in [0.15, 0.2) is 0 Å². The second-order valence-corrected chi connectivity index (χ2v) is 4.77. The maximum atomic E-state index is 12.7. The van der Waals surface area contributed by atoms with Crippen molar-refractivity contribution in [3.05, 3.63) is 30.1 Å². The Hall–Kier alpha value is -1.17. The fraction of sp³-hybridized carbons (Fsp3) is 0.600. The van der Waals surface area contributed by atoms with E-state index in [2.05, 4.69) is 12.2 Å². The smallest absolute Gasteiger partial charge is 0.123 e. The molecule has 0 spiro atoms. The molecule has 114 valence electrons. The molecule has 0 aliphatic carbocycles. The van der Waals surface area contributed by atoms with Gasteiger partial charge in [0.2, 0.25) is 0 Å². The molecule has 2 atom stereocenters. The van der Waals surface area contributed by atoms with Gasteiger partial charge in [-0.05, 0) is 30.7 Å². The van der Waals surface area contributed by atoms with Gasteiger partial charge in [0.1, 0.15) is 24.3 Å². The molecule has 2 unspecified atom stereocenters. The highest BCUT2D eigenvalue weighted by Crippen LogP contribution is 2.11. The monoisotopic (exact) mass is 285 g/mol. The Balaban J connectivity index is 2.25. The van der Waals surface area contributed by atoms with Crippen molar-refractivity contribution in [2.24, 2.45) is 0 Å². The number of aliphatic hydroxyl groups excluding tert-OH is 1. The molecule has 0 amide bonds. The van der Waals surface area contributed by atoms with Crippen molar-refractivity contribution in [2.75, 3.05) is 26.9 Å². The van der Waals surface area contributed by atoms with Crippen molar-refractivity contribution in [2.45, 2.75) is 31.9 Å². The second kappa shape index (κ2) is 9.69. The molecule has 0 aromatic heterocycles. The normalized spacial score (nSPS) is 14.0. The van der Waals surface area contributed by atoms with Gasteiger partial charge in [-0.1, -0.05) is 13.3 Å². The summed E-state index contributed by atoms with van der Waals surface area (Å²) in [7, 11) is 1.67. The summed E-state index contributed by atoms with van der Waals surface area (Å²) in [5.41, 5.74) is 0. The van der Waals surface area contributed by atoms with Crippen LogP contribution in [0.1, 0.15) is 19.8 Å². The zero-order chi connectivity index (χ0) is 14.8. The van der Waals surface area contributed by atoms with Gasteiger partial charge in [-0.15, -0.1) is 0 Å². The Bertz CT molecular complexity index is 353. The molecule has 0 heterocycles. The van der Waals surface area contributed by atoms with E-state index in [0.717, 1.165) is 12.8 Å². The Kier molecular flexibility index (Phi) is 8.18. The summed E-state index contributed by atoms with van der Waals surface area (Å²) in [6, 6.07) is 5.98. The molecule has 5 heteroatoms. The highest BCUT2D eigenvalue weighted by atomic mass is 19.1. The molecule has 1 rings (SSSR count). The third-order valence-corrected chi connectivity index (χ3v) is 2.90. The molecular weight excluding hydrogens is 261 g/mol. The summed E-state index contributed by atoms with van der Waals surface area (Å²) in [6.45, 7) is 3.34. The maximum Gasteiger partial charge on any atom is 0.123 e. The van der Waals surface area contributed by atoms with E-state index in [1.807, 2.05) is 0 Å². The summed E-state index contributed by atoms with van der Waals surface area (Å²) < 4.78 is 23.2. The predicted octanol–water partition coefficient (Wildman–Crippen LogP) is 1.97. The third kappa shape index (κ3) is 6.84. The minimum Gasteiger partial charge on any atom is -0.491 e. The van der Waals surface area contributed by atoms with Crippen LogP contribution < -0.4 is 10.1 Å². The average molecular weight is 285 g/mol. The minimum absolute atomic E-state index is 0.171. The van der Waals surface area contributed by atoms with Gasteiger partial charge < -0.3 is 19.9 Å². The summed E-state index contributed by atoms with van der Waals surface area (Å²) >= 11 is 0. The van der Waals surface area contributed by atoms with Crippen LogP contribution in [0, 0.1) is 5.82 Å². The first-order valence-electron chi connectivity index (χ1n) is 6.94. The number of methoxy groups -OCH3 is 1. The van der Waals surface area contributed by atoms with Gasteiger partial charge in [0.05, 0.1) is 6.61 Å². The van der Waals surface area contributed by atoms with Crippen LogP contribution in [-0.4, -0.2) is 44.1 Å². The quantitative estimate of drug-likeness (QED) is 0.690. The van der Waals surface area contributed by atoms with Gasteiger partial charge in [-0.25, -0.2) is 4.39 Å². The highest BCUT2D eigenvalue weighted by molar-refractivity contribution is 5.22. The van der Waals surface area contributed by atoms with E-state index >= 15 is 0 Å². The molecule has 0 radical (unpaired) electrons. The summed E-state index contributed by atoms with van der Waals surface area (Å²) in [5, 5.41) is 13.1. The number of aliphatic hydroxyl groups is 1. The fourth-order valence-electron chi connectivity index (χ4n) is 1.88. The van der Waals surface area contributed by atoms with Crippen molar-refractivity contribution in [3.63, 3.8) is 0 Å². The first-order valence-corrected chi connectivity index (χ1v) is 6.94. The van der Waals surface area contributed by atoms with Crippen molar-refractivity contribution >= 4 is 0 Å². The van der Waals surface area contributed by atoms with Gasteiger partial charge >= 0.3 is 0 Å². The summed E-state index contributed by atoms with van der Waals surface area (Å²) in [6.07, 6.45) is 1.44. The number of rotatable bonds is 10.